The molecule has 0 spiro atoms. The number of piperidine rings is 1. The summed E-state index contributed by atoms with van der Waals surface area (Å²) in [5, 5.41) is 0. The average Bonchev–Trinajstić information content (AvgIpc) is 2.41. The Balaban J connectivity index is 2.10. The molecule has 0 aliphatic carbocycles. The molecule has 98 valence electrons. The fourth-order valence-electron chi connectivity index (χ4n) is 2.30. The van der Waals surface area contributed by atoms with Crippen molar-refractivity contribution in [2.45, 2.75) is 26.2 Å². The predicted molar refractivity (Wildman–Crippen MR) is 63.1 cm³/mol. The van der Waals surface area contributed by atoms with Gasteiger partial charge in [-0.2, -0.15) is 4.39 Å². The van der Waals surface area contributed by atoms with Gasteiger partial charge in [-0.25, -0.2) is 9.37 Å². The van der Waals surface area contributed by atoms with E-state index in [1.54, 1.807) is 4.90 Å². The summed E-state index contributed by atoms with van der Waals surface area (Å²) in [6.07, 6.45) is 4.07. The van der Waals surface area contributed by atoms with E-state index in [1.165, 1.54) is 6.07 Å². The highest BCUT2D eigenvalue weighted by molar-refractivity contribution is 5.94. The third-order valence-electron chi connectivity index (χ3n) is 3.56. The lowest BCUT2D eigenvalue weighted by Gasteiger charge is -2.31. The summed E-state index contributed by atoms with van der Waals surface area (Å²) < 4.78 is 26.4. The number of amides is 1. The zero-order valence-corrected chi connectivity index (χ0v) is 10.3. The maximum absolute atomic E-state index is 13.5. The Morgan fingerprint density at radius 3 is 2.72 bits per heavy atom. The van der Waals surface area contributed by atoms with Crippen LogP contribution in [0.1, 0.15) is 36.5 Å². The molecule has 1 saturated heterocycles. The summed E-state index contributed by atoms with van der Waals surface area (Å²) >= 11 is 0. The molecule has 2 heterocycles. The van der Waals surface area contributed by atoms with Gasteiger partial charge in [-0.1, -0.05) is 13.3 Å². The van der Waals surface area contributed by atoms with E-state index in [1.807, 2.05) is 0 Å². The highest BCUT2D eigenvalue weighted by atomic mass is 19.2. The summed E-state index contributed by atoms with van der Waals surface area (Å²) in [7, 11) is 0. The van der Waals surface area contributed by atoms with E-state index in [2.05, 4.69) is 11.9 Å². The van der Waals surface area contributed by atoms with Gasteiger partial charge in [-0.3, -0.25) is 4.79 Å². The van der Waals surface area contributed by atoms with E-state index in [0.29, 0.717) is 19.0 Å². The normalized spacial score (nSPS) is 16.9. The molecule has 2 rings (SSSR count). The minimum Gasteiger partial charge on any atom is -0.339 e. The summed E-state index contributed by atoms with van der Waals surface area (Å²) in [6.45, 7) is 3.35. The van der Waals surface area contributed by atoms with Gasteiger partial charge in [0, 0.05) is 19.3 Å². The number of likely N-dealkylation sites (tertiary alicyclic amines) is 1. The van der Waals surface area contributed by atoms with Crippen LogP contribution in [0.25, 0.3) is 0 Å². The van der Waals surface area contributed by atoms with Gasteiger partial charge < -0.3 is 4.90 Å². The Hall–Kier alpha value is -1.52. The second-order valence-electron chi connectivity index (χ2n) is 4.61. The third kappa shape index (κ3) is 2.49. The number of pyridine rings is 1. The van der Waals surface area contributed by atoms with Crippen LogP contribution in [-0.2, 0) is 0 Å². The maximum Gasteiger partial charge on any atom is 0.257 e. The highest BCUT2D eigenvalue weighted by Gasteiger charge is 2.25. The topological polar surface area (TPSA) is 33.2 Å². The molecule has 0 atom stereocenters. The fraction of sp³-hybridized carbons (Fsp3) is 0.538. The number of aromatic nitrogens is 1. The second-order valence-corrected chi connectivity index (χ2v) is 4.61. The van der Waals surface area contributed by atoms with Crippen molar-refractivity contribution in [3.05, 3.63) is 29.6 Å². The summed E-state index contributed by atoms with van der Waals surface area (Å²) in [5.41, 5.74) is -0.225. The molecule has 1 aromatic heterocycles. The number of hydrogen-bond acceptors (Lipinski definition) is 2. The van der Waals surface area contributed by atoms with Crippen LogP contribution in [0.3, 0.4) is 0 Å². The smallest absolute Gasteiger partial charge is 0.257 e. The molecule has 1 aromatic rings. The van der Waals surface area contributed by atoms with Gasteiger partial charge in [0.2, 0.25) is 5.95 Å². The Labute approximate surface area is 105 Å². The van der Waals surface area contributed by atoms with Crippen LogP contribution in [0.5, 0.6) is 0 Å². The van der Waals surface area contributed by atoms with Crippen LogP contribution in [0.15, 0.2) is 12.3 Å². The molecule has 1 aliphatic heterocycles. The van der Waals surface area contributed by atoms with Gasteiger partial charge in [0.25, 0.3) is 5.91 Å². The first-order valence-electron chi connectivity index (χ1n) is 6.22. The molecule has 0 bridgehead atoms. The summed E-state index contributed by atoms with van der Waals surface area (Å²) in [4.78, 5) is 16.8. The van der Waals surface area contributed by atoms with Gasteiger partial charge in [0.1, 0.15) is 0 Å². The molecule has 0 saturated carbocycles. The lowest BCUT2D eigenvalue weighted by molar-refractivity contribution is 0.0682. The average molecular weight is 254 g/mol. The molecule has 0 aromatic carbocycles. The van der Waals surface area contributed by atoms with Gasteiger partial charge in [-0.15, -0.1) is 0 Å². The second kappa shape index (κ2) is 5.42. The highest BCUT2D eigenvalue weighted by Crippen LogP contribution is 2.22. The number of nitrogens with zero attached hydrogens (tertiary/aromatic N) is 2. The maximum atomic E-state index is 13.5. The van der Waals surface area contributed by atoms with Crippen molar-refractivity contribution in [3.63, 3.8) is 0 Å². The lowest BCUT2D eigenvalue weighted by Crippen LogP contribution is -2.38. The van der Waals surface area contributed by atoms with E-state index in [4.69, 9.17) is 0 Å². The first-order valence-corrected chi connectivity index (χ1v) is 6.22. The van der Waals surface area contributed by atoms with Crippen molar-refractivity contribution < 1.29 is 13.6 Å². The SMILES string of the molecule is CCC1CCN(C(=O)c2ccnc(F)c2F)CC1. The van der Waals surface area contributed by atoms with Gasteiger partial charge in [0.15, 0.2) is 5.82 Å². The van der Waals surface area contributed by atoms with Crippen LogP contribution >= 0.6 is 0 Å². The van der Waals surface area contributed by atoms with Crippen LogP contribution < -0.4 is 0 Å². The van der Waals surface area contributed by atoms with E-state index in [-0.39, 0.29) is 5.56 Å². The van der Waals surface area contributed by atoms with Crippen molar-refractivity contribution >= 4 is 5.91 Å². The Kier molecular flexibility index (Phi) is 3.89. The van der Waals surface area contributed by atoms with E-state index < -0.39 is 17.7 Å². The monoisotopic (exact) mass is 254 g/mol. The number of carbonyl (C=O) groups excluding carboxylic acids is 1. The Morgan fingerprint density at radius 2 is 2.11 bits per heavy atom. The van der Waals surface area contributed by atoms with Gasteiger partial charge >= 0.3 is 0 Å². The quantitative estimate of drug-likeness (QED) is 0.760. The molecule has 1 amide bonds. The standard InChI is InChI=1S/C13H16F2N2O/c1-2-9-4-7-17(8-5-9)13(18)10-3-6-16-12(15)11(10)14/h3,6,9H,2,4-5,7-8H2,1H3. The molecule has 3 nitrogen and oxygen atoms in total. The van der Waals surface area contributed by atoms with E-state index in [0.717, 1.165) is 25.5 Å². The van der Waals surface area contributed by atoms with Crippen LogP contribution in [0, 0.1) is 17.7 Å². The molecule has 0 N–H and O–H groups in total. The number of carbonyl (C=O) groups is 1. The molecule has 5 heteroatoms. The molecule has 0 unspecified atom stereocenters. The number of halogens is 2. The van der Waals surface area contributed by atoms with Crippen molar-refractivity contribution in [3.8, 4) is 0 Å². The van der Waals surface area contributed by atoms with Crippen LogP contribution in [0.4, 0.5) is 8.78 Å². The summed E-state index contributed by atoms with van der Waals surface area (Å²) in [5.74, 6) is -2.18. The molecular weight excluding hydrogens is 238 g/mol. The number of hydrogen-bond donors (Lipinski definition) is 0. The van der Waals surface area contributed by atoms with Crippen molar-refractivity contribution in [1.29, 1.82) is 0 Å². The van der Waals surface area contributed by atoms with Crippen molar-refractivity contribution in [2.75, 3.05) is 13.1 Å². The van der Waals surface area contributed by atoms with Crippen molar-refractivity contribution in [2.24, 2.45) is 5.92 Å². The largest absolute Gasteiger partial charge is 0.339 e. The third-order valence-corrected chi connectivity index (χ3v) is 3.56. The molecule has 1 fully saturated rings. The van der Waals surface area contributed by atoms with E-state index in [9.17, 15) is 13.6 Å². The first-order chi connectivity index (χ1) is 8.63. The predicted octanol–water partition coefficient (Wildman–Crippen LogP) is 2.62. The van der Waals surface area contributed by atoms with Gasteiger partial charge in [-0.05, 0) is 24.8 Å². The first kappa shape index (κ1) is 12.9. The fourth-order valence-corrected chi connectivity index (χ4v) is 2.30. The van der Waals surface area contributed by atoms with Gasteiger partial charge in [0.05, 0.1) is 5.56 Å². The molecule has 1 aliphatic rings. The molecular formula is C13H16F2N2O. The zero-order valence-electron chi connectivity index (χ0n) is 10.3. The molecule has 0 radical (unpaired) electrons. The minimum atomic E-state index is -1.22. The number of rotatable bonds is 2. The van der Waals surface area contributed by atoms with Crippen LogP contribution in [-0.4, -0.2) is 28.9 Å². The summed E-state index contributed by atoms with van der Waals surface area (Å²) in [6, 6.07) is 1.23. The van der Waals surface area contributed by atoms with E-state index >= 15 is 0 Å². The molecule has 18 heavy (non-hydrogen) atoms. The lowest BCUT2D eigenvalue weighted by atomic mass is 9.94. The Morgan fingerprint density at radius 1 is 1.44 bits per heavy atom. The zero-order chi connectivity index (χ0) is 13.1. The Bertz CT molecular complexity index is 443. The van der Waals surface area contributed by atoms with Crippen molar-refractivity contribution in [1.82, 2.24) is 9.88 Å². The van der Waals surface area contributed by atoms with Crippen LogP contribution in [0.2, 0.25) is 0 Å². The minimum absolute atomic E-state index is 0.225.